The van der Waals surface area contributed by atoms with Gasteiger partial charge in [0.1, 0.15) is 0 Å². The number of nitrogens with one attached hydrogen (secondary N) is 1. The molecule has 2 atom stereocenters. The van der Waals surface area contributed by atoms with E-state index < -0.39 is 0 Å². The first kappa shape index (κ1) is 17.4. The molecule has 0 aromatic rings. The third-order valence-corrected chi connectivity index (χ3v) is 3.18. The second kappa shape index (κ2) is 9.34. The van der Waals surface area contributed by atoms with E-state index in [2.05, 4.69) is 31.0 Å². The van der Waals surface area contributed by atoms with Crippen LogP contribution >= 0.6 is 0 Å². The molecule has 0 aliphatic rings. The highest BCUT2D eigenvalue weighted by Crippen LogP contribution is 2.06. The smallest absolute Gasteiger partial charge is 0.237 e. The van der Waals surface area contributed by atoms with Crippen molar-refractivity contribution >= 4 is 5.91 Å². The van der Waals surface area contributed by atoms with Crippen LogP contribution in [-0.4, -0.2) is 42.5 Å². The van der Waals surface area contributed by atoms with Crippen LogP contribution in [0.15, 0.2) is 0 Å². The Hall–Kier alpha value is -0.610. The van der Waals surface area contributed by atoms with Gasteiger partial charge >= 0.3 is 0 Å². The lowest BCUT2D eigenvalue weighted by Crippen LogP contribution is -2.49. The largest absolute Gasteiger partial charge is 0.352 e. The lowest BCUT2D eigenvalue weighted by Gasteiger charge is -2.30. The first-order valence-corrected chi connectivity index (χ1v) is 7.16. The summed E-state index contributed by atoms with van der Waals surface area (Å²) in [5.41, 5.74) is 5.56. The molecule has 0 aromatic heterocycles. The molecule has 0 aliphatic heterocycles. The van der Waals surface area contributed by atoms with Crippen molar-refractivity contribution < 1.29 is 4.79 Å². The fourth-order valence-corrected chi connectivity index (χ4v) is 1.84. The quantitative estimate of drug-likeness (QED) is 0.659. The molecule has 0 radical (unpaired) electrons. The molecule has 0 saturated heterocycles. The maximum Gasteiger partial charge on any atom is 0.237 e. The van der Waals surface area contributed by atoms with Crippen molar-refractivity contribution in [1.29, 1.82) is 0 Å². The Morgan fingerprint density at radius 2 is 1.89 bits per heavy atom. The summed E-state index contributed by atoms with van der Waals surface area (Å²) >= 11 is 0. The summed E-state index contributed by atoms with van der Waals surface area (Å²) in [5, 5.41) is 3.05. The lowest BCUT2D eigenvalue weighted by molar-refractivity contribution is -0.126. The number of carbonyl (C=O) groups excluding carboxylic acids is 1. The SMILES string of the molecule is CCC(C)NC(=O)C(C)N(CCCN)CC(C)C. The fourth-order valence-electron chi connectivity index (χ4n) is 1.84. The van der Waals surface area contributed by atoms with Gasteiger partial charge in [-0.2, -0.15) is 0 Å². The van der Waals surface area contributed by atoms with Gasteiger partial charge in [0.05, 0.1) is 6.04 Å². The van der Waals surface area contributed by atoms with Crippen molar-refractivity contribution in [3.8, 4) is 0 Å². The molecular weight excluding hydrogens is 226 g/mol. The molecule has 0 heterocycles. The summed E-state index contributed by atoms with van der Waals surface area (Å²) in [7, 11) is 0. The van der Waals surface area contributed by atoms with E-state index in [1.165, 1.54) is 0 Å². The fraction of sp³-hybridized carbons (Fsp3) is 0.929. The van der Waals surface area contributed by atoms with Gasteiger partial charge in [-0.15, -0.1) is 0 Å². The molecule has 0 saturated carbocycles. The van der Waals surface area contributed by atoms with Crippen LogP contribution in [0.5, 0.6) is 0 Å². The van der Waals surface area contributed by atoms with Gasteiger partial charge in [0.15, 0.2) is 0 Å². The Morgan fingerprint density at radius 3 is 2.33 bits per heavy atom. The van der Waals surface area contributed by atoms with Gasteiger partial charge in [-0.05, 0) is 39.2 Å². The molecule has 3 N–H and O–H groups in total. The standard InChI is InChI=1S/C14H31N3O/c1-6-12(4)16-14(18)13(5)17(9-7-8-15)10-11(2)3/h11-13H,6-10,15H2,1-5H3,(H,16,18). The summed E-state index contributed by atoms with van der Waals surface area (Å²) < 4.78 is 0. The van der Waals surface area contributed by atoms with E-state index in [1.807, 2.05) is 13.8 Å². The van der Waals surface area contributed by atoms with E-state index in [0.29, 0.717) is 12.5 Å². The maximum atomic E-state index is 12.1. The Labute approximate surface area is 112 Å². The van der Waals surface area contributed by atoms with Crippen LogP contribution in [0.1, 0.15) is 47.5 Å². The number of carbonyl (C=O) groups is 1. The van der Waals surface area contributed by atoms with Gasteiger partial charge in [0.25, 0.3) is 0 Å². The Kier molecular flexibility index (Phi) is 9.02. The average Bonchev–Trinajstić information content (AvgIpc) is 2.32. The molecule has 0 aromatic carbocycles. The summed E-state index contributed by atoms with van der Waals surface area (Å²) in [6.07, 6.45) is 1.90. The molecule has 18 heavy (non-hydrogen) atoms. The molecule has 0 rings (SSSR count). The summed E-state index contributed by atoms with van der Waals surface area (Å²) in [6, 6.07) is 0.170. The highest BCUT2D eigenvalue weighted by Gasteiger charge is 2.22. The molecular formula is C14H31N3O. The van der Waals surface area contributed by atoms with Crippen molar-refractivity contribution in [3.63, 3.8) is 0 Å². The second-order valence-corrected chi connectivity index (χ2v) is 5.52. The van der Waals surface area contributed by atoms with E-state index in [1.54, 1.807) is 0 Å². The number of rotatable bonds is 9. The van der Waals surface area contributed by atoms with Gasteiger partial charge < -0.3 is 11.1 Å². The molecule has 2 unspecified atom stereocenters. The third-order valence-electron chi connectivity index (χ3n) is 3.18. The van der Waals surface area contributed by atoms with Crippen molar-refractivity contribution in [2.75, 3.05) is 19.6 Å². The zero-order valence-corrected chi connectivity index (χ0v) is 12.7. The first-order chi connectivity index (χ1) is 8.42. The van der Waals surface area contributed by atoms with Gasteiger partial charge in [0, 0.05) is 19.1 Å². The number of hydrogen-bond acceptors (Lipinski definition) is 3. The minimum Gasteiger partial charge on any atom is -0.352 e. The van der Waals surface area contributed by atoms with E-state index in [9.17, 15) is 4.79 Å². The third kappa shape index (κ3) is 6.97. The van der Waals surface area contributed by atoms with Gasteiger partial charge in [0.2, 0.25) is 5.91 Å². The molecule has 0 aliphatic carbocycles. The predicted molar refractivity (Wildman–Crippen MR) is 77.4 cm³/mol. The summed E-state index contributed by atoms with van der Waals surface area (Å²) in [5.74, 6) is 0.684. The lowest BCUT2D eigenvalue weighted by atomic mass is 10.1. The van der Waals surface area contributed by atoms with Crippen LogP contribution in [0.4, 0.5) is 0 Å². The van der Waals surface area contributed by atoms with E-state index >= 15 is 0 Å². The number of amides is 1. The Balaban J connectivity index is 4.41. The molecule has 4 nitrogen and oxygen atoms in total. The van der Waals surface area contributed by atoms with Crippen LogP contribution in [0, 0.1) is 5.92 Å². The van der Waals surface area contributed by atoms with E-state index in [4.69, 9.17) is 5.73 Å². The van der Waals surface area contributed by atoms with Crippen molar-refractivity contribution in [2.24, 2.45) is 11.7 Å². The minimum absolute atomic E-state index is 0.0760. The van der Waals surface area contributed by atoms with Crippen LogP contribution in [0.3, 0.4) is 0 Å². The zero-order valence-electron chi connectivity index (χ0n) is 12.7. The van der Waals surface area contributed by atoms with Gasteiger partial charge in [-0.1, -0.05) is 20.8 Å². The van der Waals surface area contributed by atoms with E-state index in [-0.39, 0.29) is 18.0 Å². The molecule has 4 heteroatoms. The number of nitrogens with two attached hydrogens (primary N) is 1. The molecule has 0 spiro atoms. The second-order valence-electron chi connectivity index (χ2n) is 5.52. The van der Waals surface area contributed by atoms with Crippen LogP contribution in [-0.2, 0) is 4.79 Å². The van der Waals surface area contributed by atoms with Gasteiger partial charge in [-0.25, -0.2) is 0 Å². The Bertz CT molecular complexity index is 231. The topological polar surface area (TPSA) is 58.4 Å². The highest BCUT2D eigenvalue weighted by atomic mass is 16.2. The molecule has 0 bridgehead atoms. The van der Waals surface area contributed by atoms with Crippen LogP contribution in [0.25, 0.3) is 0 Å². The minimum atomic E-state index is -0.0760. The van der Waals surface area contributed by atoms with Gasteiger partial charge in [-0.3, -0.25) is 9.69 Å². The molecule has 1 amide bonds. The predicted octanol–water partition coefficient (Wildman–Crippen LogP) is 1.60. The van der Waals surface area contributed by atoms with Crippen LogP contribution < -0.4 is 11.1 Å². The molecule has 0 fully saturated rings. The average molecular weight is 257 g/mol. The summed E-state index contributed by atoms with van der Waals surface area (Å²) in [6.45, 7) is 13.0. The van der Waals surface area contributed by atoms with Crippen LogP contribution in [0.2, 0.25) is 0 Å². The zero-order chi connectivity index (χ0) is 14.1. The first-order valence-electron chi connectivity index (χ1n) is 7.16. The Morgan fingerprint density at radius 1 is 1.28 bits per heavy atom. The van der Waals surface area contributed by atoms with Crippen molar-refractivity contribution in [1.82, 2.24) is 10.2 Å². The molecule has 108 valence electrons. The number of hydrogen-bond donors (Lipinski definition) is 2. The summed E-state index contributed by atoms with van der Waals surface area (Å²) in [4.78, 5) is 14.3. The monoisotopic (exact) mass is 257 g/mol. The normalized spacial score (nSPS) is 14.9. The highest BCUT2D eigenvalue weighted by molar-refractivity contribution is 5.81. The van der Waals surface area contributed by atoms with E-state index in [0.717, 1.165) is 25.9 Å². The van der Waals surface area contributed by atoms with Crippen molar-refractivity contribution in [2.45, 2.75) is 59.5 Å². The maximum absolute atomic E-state index is 12.1. The van der Waals surface area contributed by atoms with Crippen molar-refractivity contribution in [3.05, 3.63) is 0 Å². The number of nitrogens with zero attached hydrogens (tertiary/aromatic N) is 1.